The second-order valence-electron chi connectivity index (χ2n) is 6.54. The lowest BCUT2D eigenvalue weighted by Gasteiger charge is -2.06. The lowest BCUT2D eigenvalue weighted by atomic mass is 10.2. The average molecular weight is 342 g/mol. The van der Waals surface area contributed by atoms with Crippen molar-refractivity contribution in [3.05, 3.63) is 72.9 Å². The Labute approximate surface area is 151 Å². The van der Waals surface area contributed by atoms with Gasteiger partial charge in [-0.2, -0.15) is 8.80 Å². The minimum absolute atomic E-state index is 0.697. The van der Waals surface area contributed by atoms with Gasteiger partial charge in [0.1, 0.15) is 17.2 Å². The van der Waals surface area contributed by atoms with Crippen LogP contribution in [0.5, 0.6) is 0 Å². The summed E-state index contributed by atoms with van der Waals surface area (Å²) in [4.78, 5) is 0. The van der Waals surface area contributed by atoms with Crippen LogP contribution in [-0.4, -0.2) is 24.7 Å². The molecule has 0 fully saturated rings. The molecule has 0 amide bonds. The maximum atomic E-state index is 5.11. The zero-order chi connectivity index (χ0) is 17.5. The van der Waals surface area contributed by atoms with E-state index in [1.807, 2.05) is 0 Å². The Bertz CT molecular complexity index is 1260. The fourth-order valence-corrected chi connectivity index (χ4v) is 3.71. The molecule has 0 radical (unpaired) electrons. The number of para-hydroxylation sites is 1. The Morgan fingerprint density at radius 3 is 2.77 bits per heavy atom. The molecule has 0 saturated carbocycles. The largest absolute Gasteiger partial charge is 0.383 e. The molecule has 128 valence electrons. The second kappa shape index (κ2) is 6.00. The first kappa shape index (κ1) is 15.2. The van der Waals surface area contributed by atoms with Crippen LogP contribution < -0.4 is 9.72 Å². The molecule has 5 aromatic rings. The second-order valence-corrected chi connectivity index (χ2v) is 6.54. The minimum atomic E-state index is 0.697. The topological polar surface area (TPSA) is 29.8 Å². The van der Waals surface area contributed by atoms with Crippen molar-refractivity contribution in [1.29, 1.82) is 0 Å². The van der Waals surface area contributed by atoms with E-state index in [0.29, 0.717) is 6.61 Å². The number of imidazole rings is 1. The predicted molar refractivity (Wildman–Crippen MR) is 106 cm³/mol. The Hall–Kier alpha value is -3.11. The van der Waals surface area contributed by atoms with E-state index in [2.05, 4.69) is 87.0 Å². The van der Waals surface area contributed by atoms with Gasteiger partial charge in [-0.25, -0.2) is 0 Å². The number of anilines is 1. The summed E-state index contributed by atoms with van der Waals surface area (Å²) < 4.78 is 9.71. The number of nitrogens with zero attached hydrogens (tertiary/aromatic N) is 2. The molecular formula is C22H20N3O+. The maximum absolute atomic E-state index is 5.11. The molecule has 4 nitrogen and oxygen atoms in total. The maximum Gasteiger partial charge on any atom is 0.292 e. The van der Waals surface area contributed by atoms with Gasteiger partial charge in [0, 0.05) is 36.2 Å². The van der Waals surface area contributed by atoms with Gasteiger partial charge in [0.05, 0.1) is 6.61 Å². The van der Waals surface area contributed by atoms with Gasteiger partial charge in [-0.1, -0.05) is 18.2 Å². The highest BCUT2D eigenvalue weighted by atomic mass is 16.5. The molecule has 0 atom stereocenters. The molecule has 0 aliphatic rings. The van der Waals surface area contributed by atoms with Crippen molar-refractivity contribution in [3.8, 4) is 0 Å². The van der Waals surface area contributed by atoms with Crippen molar-refractivity contribution in [2.45, 2.75) is 0 Å². The zero-order valence-electron chi connectivity index (χ0n) is 14.6. The highest BCUT2D eigenvalue weighted by Crippen LogP contribution is 2.23. The van der Waals surface area contributed by atoms with E-state index in [-0.39, 0.29) is 0 Å². The zero-order valence-corrected chi connectivity index (χ0v) is 14.6. The first-order chi connectivity index (χ1) is 12.8. The van der Waals surface area contributed by atoms with Gasteiger partial charge in [0.2, 0.25) is 0 Å². The molecule has 0 aliphatic carbocycles. The van der Waals surface area contributed by atoms with Gasteiger partial charge < -0.3 is 10.1 Å². The van der Waals surface area contributed by atoms with Crippen molar-refractivity contribution in [1.82, 2.24) is 4.40 Å². The summed E-state index contributed by atoms with van der Waals surface area (Å²) >= 11 is 0. The van der Waals surface area contributed by atoms with Crippen LogP contribution in [0.3, 0.4) is 0 Å². The lowest BCUT2D eigenvalue weighted by molar-refractivity contribution is -0.479. The molecule has 26 heavy (non-hydrogen) atoms. The van der Waals surface area contributed by atoms with E-state index in [1.165, 1.54) is 33.0 Å². The SMILES string of the molecule is COCCNc1ccc2c(ccc3c[n+]4c5ccccc5ccc4n32)c1. The van der Waals surface area contributed by atoms with Gasteiger partial charge in [0.25, 0.3) is 5.65 Å². The van der Waals surface area contributed by atoms with E-state index >= 15 is 0 Å². The molecule has 1 N–H and O–H groups in total. The van der Waals surface area contributed by atoms with E-state index in [0.717, 1.165) is 12.2 Å². The van der Waals surface area contributed by atoms with Crippen molar-refractivity contribution in [3.63, 3.8) is 0 Å². The Morgan fingerprint density at radius 1 is 0.962 bits per heavy atom. The summed E-state index contributed by atoms with van der Waals surface area (Å²) in [5.74, 6) is 0. The number of nitrogens with one attached hydrogen (secondary N) is 1. The van der Waals surface area contributed by atoms with E-state index in [9.17, 15) is 0 Å². The fourth-order valence-electron chi connectivity index (χ4n) is 3.71. The van der Waals surface area contributed by atoms with Gasteiger partial charge >= 0.3 is 0 Å². The number of benzene rings is 2. The van der Waals surface area contributed by atoms with E-state index in [1.54, 1.807) is 7.11 Å². The van der Waals surface area contributed by atoms with Crippen molar-refractivity contribution < 1.29 is 9.14 Å². The van der Waals surface area contributed by atoms with Crippen molar-refractivity contribution in [2.75, 3.05) is 25.6 Å². The van der Waals surface area contributed by atoms with Crippen LogP contribution >= 0.6 is 0 Å². The number of fused-ring (bicyclic) bond motifs is 7. The molecular weight excluding hydrogens is 322 g/mol. The number of rotatable bonds is 4. The monoisotopic (exact) mass is 342 g/mol. The van der Waals surface area contributed by atoms with Gasteiger partial charge in [-0.15, -0.1) is 0 Å². The summed E-state index contributed by atoms with van der Waals surface area (Å²) in [6.07, 6.45) is 2.21. The smallest absolute Gasteiger partial charge is 0.292 e. The highest BCUT2D eigenvalue weighted by Gasteiger charge is 2.16. The standard InChI is InChI=1S/C22H20N3O/c1-26-13-12-23-18-8-10-21-17(14-18)6-9-19-15-24-20-5-3-2-4-16(20)7-11-22(24)25(19)21/h2-11,14-15,23H,12-13H2,1H3/q+1. The third kappa shape index (κ3) is 2.30. The predicted octanol–water partition coefficient (Wildman–Crippen LogP) is 4.04. The minimum Gasteiger partial charge on any atom is -0.383 e. The number of hydrogen-bond donors (Lipinski definition) is 1. The number of methoxy groups -OCH3 is 1. The molecule has 4 heteroatoms. The third-order valence-corrected chi connectivity index (χ3v) is 4.94. The average Bonchev–Trinajstić information content (AvgIpc) is 3.07. The van der Waals surface area contributed by atoms with Gasteiger partial charge in [-0.3, -0.25) is 0 Å². The van der Waals surface area contributed by atoms with Crippen molar-refractivity contribution in [2.24, 2.45) is 0 Å². The van der Waals surface area contributed by atoms with Crippen LogP contribution in [0, 0.1) is 0 Å². The molecule has 0 saturated heterocycles. The molecule has 5 rings (SSSR count). The van der Waals surface area contributed by atoms with Crippen LogP contribution in [0.4, 0.5) is 5.69 Å². The van der Waals surface area contributed by atoms with Crippen LogP contribution in [0.15, 0.2) is 72.9 Å². The molecule has 0 aliphatic heterocycles. The molecule has 2 aromatic carbocycles. The quantitative estimate of drug-likeness (QED) is 0.394. The number of hydrogen-bond acceptors (Lipinski definition) is 2. The fraction of sp³-hybridized carbons (Fsp3) is 0.136. The van der Waals surface area contributed by atoms with Crippen LogP contribution in [0.25, 0.3) is 33.0 Å². The third-order valence-electron chi connectivity index (χ3n) is 4.94. The van der Waals surface area contributed by atoms with Crippen molar-refractivity contribution >= 4 is 38.7 Å². The summed E-state index contributed by atoms with van der Waals surface area (Å²) in [7, 11) is 1.72. The molecule has 3 heterocycles. The van der Waals surface area contributed by atoms with Gasteiger partial charge in [0.15, 0.2) is 5.52 Å². The van der Waals surface area contributed by atoms with Gasteiger partial charge in [-0.05, 0) is 42.5 Å². The number of pyridine rings is 2. The van der Waals surface area contributed by atoms with Crippen LogP contribution in [-0.2, 0) is 4.74 Å². The summed E-state index contributed by atoms with van der Waals surface area (Å²) in [5, 5.41) is 5.86. The molecule has 3 aromatic heterocycles. The lowest BCUT2D eigenvalue weighted by Crippen LogP contribution is -2.19. The number of aromatic nitrogens is 2. The van der Waals surface area contributed by atoms with E-state index < -0.39 is 0 Å². The van der Waals surface area contributed by atoms with Crippen LogP contribution in [0.2, 0.25) is 0 Å². The number of ether oxygens (including phenoxy) is 1. The molecule has 0 bridgehead atoms. The van der Waals surface area contributed by atoms with Crippen LogP contribution in [0.1, 0.15) is 0 Å². The summed E-state index contributed by atoms with van der Waals surface area (Å²) in [6.45, 7) is 1.50. The summed E-state index contributed by atoms with van der Waals surface area (Å²) in [5.41, 5.74) is 5.90. The Kier molecular flexibility index (Phi) is 3.50. The Morgan fingerprint density at radius 2 is 1.85 bits per heavy atom. The highest BCUT2D eigenvalue weighted by molar-refractivity contribution is 5.88. The Balaban J connectivity index is 1.74. The van der Waals surface area contributed by atoms with E-state index in [4.69, 9.17) is 4.74 Å². The summed E-state index contributed by atoms with van der Waals surface area (Å²) in [6, 6.07) is 23.8. The molecule has 0 unspecified atom stereocenters. The normalized spacial score (nSPS) is 11.7. The first-order valence-electron chi connectivity index (χ1n) is 8.85. The molecule has 0 spiro atoms. The first-order valence-corrected chi connectivity index (χ1v) is 8.85.